The van der Waals surface area contributed by atoms with E-state index >= 15 is 0 Å². The van der Waals surface area contributed by atoms with E-state index in [9.17, 15) is 13.2 Å². The van der Waals surface area contributed by atoms with Crippen LogP contribution in [0.25, 0.3) is 0 Å². The largest absolute Gasteiger partial charge is 0.358 e. The SMILES string of the molecule is Cc1nonc1NCC(=O)c1cccc(S(=O)(=O)N2CCCC(C)C2)c1. The Morgan fingerprint density at radius 2 is 2.19 bits per heavy atom. The quantitative estimate of drug-likeness (QED) is 0.767. The van der Waals surface area contributed by atoms with Crippen molar-refractivity contribution in [2.24, 2.45) is 5.92 Å². The van der Waals surface area contributed by atoms with Crippen LogP contribution in [0.15, 0.2) is 33.8 Å². The molecule has 3 rings (SSSR count). The van der Waals surface area contributed by atoms with Gasteiger partial charge in [-0.1, -0.05) is 24.2 Å². The van der Waals surface area contributed by atoms with Crippen LogP contribution in [-0.2, 0) is 10.0 Å². The fourth-order valence-corrected chi connectivity index (χ4v) is 4.65. The van der Waals surface area contributed by atoms with E-state index in [1.807, 2.05) is 6.92 Å². The highest BCUT2D eigenvalue weighted by Gasteiger charge is 2.29. The third-order valence-electron chi connectivity index (χ3n) is 4.48. The number of benzene rings is 1. The first-order valence-corrected chi connectivity index (χ1v) is 9.98. The molecule has 8 nitrogen and oxygen atoms in total. The molecular weight excluding hydrogens is 356 g/mol. The topological polar surface area (TPSA) is 105 Å². The lowest BCUT2D eigenvalue weighted by Gasteiger charge is -2.30. The van der Waals surface area contributed by atoms with E-state index < -0.39 is 10.0 Å². The summed E-state index contributed by atoms with van der Waals surface area (Å²) in [6.45, 7) is 4.76. The molecule has 1 aliphatic rings. The van der Waals surface area contributed by atoms with Gasteiger partial charge in [0, 0.05) is 18.7 Å². The smallest absolute Gasteiger partial charge is 0.243 e. The zero-order valence-corrected chi connectivity index (χ0v) is 15.6. The standard InChI is InChI=1S/C17H22N4O4S/c1-12-5-4-8-21(11-12)26(23,24)15-7-3-6-14(9-15)16(22)10-18-17-13(2)19-25-20-17/h3,6-7,9,12H,4-5,8,10-11H2,1-2H3,(H,18,20). The second kappa shape index (κ2) is 7.55. The van der Waals surface area contributed by atoms with Crippen molar-refractivity contribution >= 4 is 21.6 Å². The van der Waals surface area contributed by atoms with Gasteiger partial charge in [-0.2, -0.15) is 4.31 Å². The molecule has 0 bridgehead atoms. The number of sulfonamides is 1. The van der Waals surface area contributed by atoms with E-state index in [0.717, 1.165) is 12.8 Å². The number of Topliss-reactive ketones (excluding diaryl/α,β-unsaturated/α-hetero) is 1. The minimum absolute atomic E-state index is 0.0285. The van der Waals surface area contributed by atoms with Crippen molar-refractivity contribution in [3.63, 3.8) is 0 Å². The number of aromatic nitrogens is 2. The van der Waals surface area contributed by atoms with Gasteiger partial charge in [-0.3, -0.25) is 4.79 Å². The summed E-state index contributed by atoms with van der Waals surface area (Å²) in [5.74, 6) is 0.493. The van der Waals surface area contributed by atoms with Crippen LogP contribution in [0.5, 0.6) is 0 Å². The zero-order valence-electron chi connectivity index (χ0n) is 14.8. The van der Waals surface area contributed by atoms with Crippen molar-refractivity contribution in [1.82, 2.24) is 14.6 Å². The summed E-state index contributed by atoms with van der Waals surface area (Å²) in [6.07, 6.45) is 1.89. The molecule has 2 aromatic rings. The Hall–Kier alpha value is -2.26. The zero-order chi connectivity index (χ0) is 18.7. The number of nitrogens with one attached hydrogen (secondary N) is 1. The molecule has 1 N–H and O–H groups in total. The van der Waals surface area contributed by atoms with Gasteiger partial charge in [0.2, 0.25) is 10.0 Å². The van der Waals surface area contributed by atoms with Crippen LogP contribution in [0.2, 0.25) is 0 Å². The molecule has 0 aliphatic carbocycles. The number of carbonyl (C=O) groups is 1. The molecule has 0 saturated carbocycles. The van der Waals surface area contributed by atoms with Crippen molar-refractivity contribution in [2.45, 2.75) is 31.6 Å². The van der Waals surface area contributed by atoms with E-state index in [4.69, 9.17) is 0 Å². The third-order valence-corrected chi connectivity index (χ3v) is 6.34. The van der Waals surface area contributed by atoms with Gasteiger partial charge in [0.05, 0.1) is 11.4 Å². The molecule has 1 aromatic carbocycles. The van der Waals surface area contributed by atoms with E-state index in [1.54, 1.807) is 19.1 Å². The van der Waals surface area contributed by atoms with Crippen LogP contribution >= 0.6 is 0 Å². The van der Waals surface area contributed by atoms with E-state index in [0.29, 0.717) is 36.1 Å². The first-order chi connectivity index (χ1) is 12.4. The number of hydrogen-bond acceptors (Lipinski definition) is 7. The van der Waals surface area contributed by atoms with E-state index in [1.165, 1.54) is 16.4 Å². The fourth-order valence-electron chi connectivity index (χ4n) is 3.00. The number of piperidine rings is 1. The van der Waals surface area contributed by atoms with E-state index in [2.05, 4.69) is 20.3 Å². The van der Waals surface area contributed by atoms with Crippen LogP contribution in [-0.4, -0.2) is 48.5 Å². The summed E-state index contributed by atoms with van der Waals surface area (Å²) < 4.78 is 31.8. The number of rotatable bonds is 6. The summed E-state index contributed by atoms with van der Waals surface area (Å²) in [7, 11) is -3.59. The molecule has 0 radical (unpaired) electrons. The maximum atomic E-state index is 12.9. The lowest BCUT2D eigenvalue weighted by atomic mass is 10.0. The van der Waals surface area contributed by atoms with Gasteiger partial charge in [0.1, 0.15) is 5.69 Å². The van der Waals surface area contributed by atoms with Crippen LogP contribution in [0.1, 0.15) is 35.8 Å². The highest BCUT2D eigenvalue weighted by atomic mass is 32.2. The Balaban J connectivity index is 1.75. The maximum Gasteiger partial charge on any atom is 0.243 e. The predicted octanol–water partition coefficient (Wildman–Crippen LogP) is 2.09. The van der Waals surface area contributed by atoms with Gasteiger partial charge in [0.15, 0.2) is 11.6 Å². The molecule has 1 unspecified atom stereocenters. The fraction of sp³-hybridized carbons (Fsp3) is 0.471. The first-order valence-electron chi connectivity index (χ1n) is 8.54. The Bertz CT molecular complexity index is 894. The van der Waals surface area contributed by atoms with E-state index in [-0.39, 0.29) is 17.2 Å². The van der Waals surface area contributed by atoms with Crippen molar-refractivity contribution in [2.75, 3.05) is 25.0 Å². The highest BCUT2D eigenvalue weighted by molar-refractivity contribution is 7.89. The summed E-state index contributed by atoms with van der Waals surface area (Å²) >= 11 is 0. The predicted molar refractivity (Wildman–Crippen MR) is 95.5 cm³/mol. The summed E-state index contributed by atoms with van der Waals surface area (Å²) in [4.78, 5) is 12.6. The molecule has 1 saturated heterocycles. The molecule has 0 amide bonds. The first kappa shape index (κ1) is 18.5. The van der Waals surface area contributed by atoms with Crippen LogP contribution in [0.3, 0.4) is 0 Å². The average Bonchev–Trinajstić information content (AvgIpc) is 3.04. The van der Waals surface area contributed by atoms with Gasteiger partial charge in [-0.25, -0.2) is 13.0 Å². The second-order valence-electron chi connectivity index (χ2n) is 6.61. The van der Waals surface area contributed by atoms with Crippen molar-refractivity contribution in [3.8, 4) is 0 Å². The average molecular weight is 378 g/mol. The number of hydrogen-bond donors (Lipinski definition) is 1. The molecule has 9 heteroatoms. The maximum absolute atomic E-state index is 12.9. The number of nitrogens with zero attached hydrogens (tertiary/aromatic N) is 3. The second-order valence-corrected chi connectivity index (χ2v) is 8.55. The summed E-state index contributed by atoms with van der Waals surface area (Å²) in [6, 6.07) is 6.17. The molecule has 0 spiro atoms. The van der Waals surface area contributed by atoms with Crippen molar-refractivity contribution < 1.29 is 17.8 Å². The van der Waals surface area contributed by atoms with Gasteiger partial charge in [-0.05, 0) is 43.0 Å². The van der Waals surface area contributed by atoms with Gasteiger partial charge >= 0.3 is 0 Å². The van der Waals surface area contributed by atoms with Crippen molar-refractivity contribution in [3.05, 3.63) is 35.5 Å². The highest BCUT2D eigenvalue weighted by Crippen LogP contribution is 2.24. The van der Waals surface area contributed by atoms with Gasteiger partial charge in [-0.15, -0.1) is 0 Å². The molecule has 140 valence electrons. The molecule has 2 heterocycles. The Morgan fingerprint density at radius 1 is 1.38 bits per heavy atom. The lowest BCUT2D eigenvalue weighted by Crippen LogP contribution is -2.39. The molecule has 1 fully saturated rings. The lowest BCUT2D eigenvalue weighted by molar-refractivity contribution is 0.101. The van der Waals surface area contributed by atoms with Crippen LogP contribution < -0.4 is 5.32 Å². The Kier molecular flexibility index (Phi) is 5.38. The normalized spacial score (nSPS) is 18.6. The van der Waals surface area contributed by atoms with Crippen LogP contribution in [0, 0.1) is 12.8 Å². The van der Waals surface area contributed by atoms with Gasteiger partial charge in [0.25, 0.3) is 0 Å². The molecule has 26 heavy (non-hydrogen) atoms. The molecule has 1 aromatic heterocycles. The number of ketones is 1. The Labute approximate surface area is 152 Å². The van der Waals surface area contributed by atoms with Crippen LogP contribution in [0.4, 0.5) is 5.82 Å². The monoisotopic (exact) mass is 378 g/mol. The van der Waals surface area contributed by atoms with Gasteiger partial charge < -0.3 is 5.32 Å². The summed E-state index contributed by atoms with van der Waals surface area (Å²) in [5, 5.41) is 10.1. The minimum atomic E-state index is -3.59. The Morgan fingerprint density at radius 3 is 2.88 bits per heavy atom. The summed E-state index contributed by atoms with van der Waals surface area (Å²) in [5.41, 5.74) is 0.881. The molecular formula is C17H22N4O4S. The molecule has 1 aliphatic heterocycles. The third kappa shape index (κ3) is 3.94. The number of carbonyl (C=O) groups excluding carboxylic acids is 1. The van der Waals surface area contributed by atoms with Crippen molar-refractivity contribution in [1.29, 1.82) is 0 Å². The number of aryl methyl sites for hydroxylation is 1. The number of anilines is 1. The minimum Gasteiger partial charge on any atom is -0.358 e. The molecule has 1 atom stereocenters.